The number of nitrogens with one attached hydrogen (secondary N) is 2. The van der Waals surface area contributed by atoms with Crippen molar-refractivity contribution in [3.8, 4) is 0 Å². The maximum Gasteiger partial charge on any atom is 0.0510 e. The number of aromatic amines is 1. The third-order valence-corrected chi connectivity index (χ3v) is 5.71. The summed E-state index contributed by atoms with van der Waals surface area (Å²) in [7, 11) is 0. The molecule has 27 heavy (non-hydrogen) atoms. The summed E-state index contributed by atoms with van der Waals surface area (Å²) in [6.07, 6.45) is 9.28. The van der Waals surface area contributed by atoms with Crippen molar-refractivity contribution in [2.75, 3.05) is 13.1 Å². The number of hydrogen-bond acceptors (Lipinski definition) is 2. The van der Waals surface area contributed by atoms with Crippen LogP contribution >= 0.6 is 11.6 Å². The largest absolute Gasteiger partial charge is 0.365 e. The van der Waals surface area contributed by atoms with Crippen molar-refractivity contribution in [2.24, 2.45) is 0 Å². The van der Waals surface area contributed by atoms with Crippen LogP contribution in [-0.2, 0) is 19.3 Å². The number of halogens is 1. The van der Waals surface area contributed by atoms with Crippen LogP contribution in [0.2, 0.25) is 5.02 Å². The lowest BCUT2D eigenvalue weighted by Gasteiger charge is -2.20. The monoisotopic (exact) mass is 379 g/mol. The average molecular weight is 380 g/mol. The molecule has 1 unspecified atom stereocenters. The van der Waals surface area contributed by atoms with Crippen molar-refractivity contribution in [3.63, 3.8) is 0 Å². The van der Waals surface area contributed by atoms with Crippen molar-refractivity contribution in [2.45, 2.75) is 38.0 Å². The van der Waals surface area contributed by atoms with E-state index in [2.05, 4.69) is 46.7 Å². The predicted molar refractivity (Wildman–Crippen MR) is 112 cm³/mol. The third-order valence-electron chi connectivity index (χ3n) is 5.47. The normalized spacial score (nSPS) is 15.8. The molecule has 1 aliphatic carbocycles. The Balaban J connectivity index is 1.41. The first-order valence-corrected chi connectivity index (χ1v) is 10.2. The molecule has 2 N–H and O–H groups in total. The van der Waals surface area contributed by atoms with Crippen LogP contribution in [0, 0.1) is 0 Å². The van der Waals surface area contributed by atoms with Gasteiger partial charge in [-0.1, -0.05) is 23.7 Å². The zero-order valence-electron chi connectivity index (χ0n) is 15.5. The number of fused-ring (bicyclic) bond motifs is 2. The molecule has 0 aliphatic heterocycles. The maximum atomic E-state index is 6.26. The van der Waals surface area contributed by atoms with Crippen molar-refractivity contribution >= 4 is 11.6 Å². The van der Waals surface area contributed by atoms with E-state index in [1.54, 1.807) is 0 Å². The molecule has 0 saturated heterocycles. The molecule has 2 aromatic heterocycles. The van der Waals surface area contributed by atoms with Gasteiger partial charge in [-0.3, -0.25) is 4.98 Å². The van der Waals surface area contributed by atoms with E-state index in [-0.39, 0.29) is 0 Å². The van der Waals surface area contributed by atoms with Gasteiger partial charge in [0.1, 0.15) is 0 Å². The van der Waals surface area contributed by atoms with E-state index in [4.69, 9.17) is 16.6 Å². The highest BCUT2D eigenvalue weighted by Crippen LogP contribution is 2.36. The molecule has 0 radical (unpaired) electrons. The van der Waals surface area contributed by atoms with Gasteiger partial charge in [-0.15, -0.1) is 0 Å². The zero-order chi connectivity index (χ0) is 18.5. The number of aromatic nitrogens is 2. The summed E-state index contributed by atoms with van der Waals surface area (Å²) < 4.78 is 0. The Morgan fingerprint density at radius 2 is 2.00 bits per heavy atom. The summed E-state index contributed by atoms with van der Waals surface area (Å²) in [5.41, 5.74) is 6.69. The Kier molecular flexibility index (Phi) is 5.90. The van der Waals surface area contributed by atoms with E-state index in [9.17, 15) is 0 Å². The molecule has 3 aromatic rings. The number of benzene rings is 1. The molecule has 2 heterocycles. The highest BCUT2D eigenvalue weighted by Gasteiger charge is 2.24. The van der Waals surface area contributed by atoms with Crippen LogP contribution < -0.4 is 5.32 Å². The number of H-pyrrole nitrogens is 1. The van der Waals surface area contributed by atoms with Crippen molar-refractivity contribution in [3.05, 3.63) is 88.0 Å². The zero-order valence-corrected chi connectivity index (χ0v) is 16.3. The number of aryl methyl sites for hydroxylation is 3. The van der Waals surface area contributed by atoms with Gasteiger partial charge in [0.2, 0.25) is 0 Å². The lowest BCUT2D eigenvalue weighted by Crippen LogP contribution is -2.20. The first kappa shape index (κ1) is 18.3. The Morgan fingerprint density at radius 3 is 2.89 bits per heavy atom. The fraction of sp³-hybridized carbons (Fsp3) is 0.348. The Morgan fingerprint density at radius 1 is 1.07 bits per heavy atom. The molecule has 4 rings (SSSR count). The van der Waals surface area contributed by atoms with Gasteiger partial charge in [0.05, 0.1) is 5.69 Å². The lowest BCUT2D eigenvalue weighted by atomic mass is 9.89. The van der Waals surface area contributed by atoms with Crippen LogP contribution in [0.5, 0.6) is 0 Å². The summed E-state index contributed by atoms with van der Waals surface area (Å²) in [5, 5.41) is 4.45. The van der Waals surface area contributed by atoms with Gasteiger partial charge in [-0.2, -0.15) is 0 Å². The Hall–Kier alpha value is -2.10. The van der Waals surface area contributed by atoms with Crippen molar-refractivity contribution < 1.29 is 0 Å². The van der Waals surface area contributed by atoms with Crippen LogP contribution in [-0.4, -0.2) is 23.1 Å². The summed E-state index contributed by atoms with van der Waals surface area (Å²) in [4.78, 5) is 8.03. The van der Waals surface area contributed by atoms with Crippen LogP contribution in [0.1, 0.15) is 46.8 Å². The van der Waals surface area contributed by atoms with Gasteiger partial charge in [0.25, 0.3) is 0 Å². The van der Waals surface area contributed by atoms with Gasteiger partial charge < -0.3 is 10.3 Å². The molecule has 0 amide bonds. The lowest BCUT2D eigenvalue weighted by molar-refractivity contribution is 0.586. The molecule has 1 aliphatic rings. The molecule has 1 aromatic carbocycles. The van der Waals surface area contributed by atoms with Crippen LogP contribution in [0.4, 0.5) is 0 Å². The van der Waals surface area contributed by atoms with E-state index >= 15 is 0 Å². The minimum atomic E-state index is 0.340. The highest BCUT2D eigenvalue weighted by atomic mass is 35.5. The second-order valence-electron chi connectivity index (χ2n) is 7.28. The minimum Gasteiger partial charge on any atom is -0.365 e. The molecule has 0 saturated carbocycles. The topological polar surface area (TPSA) is 40.7 Å². The number of rotatable bonds is 7. The fourth-order valence-corrected chi connectivity index (χ4v) is 4.31. The second kappa shape index (κ2) is 8.73. The van der Waals surface area contributed by atoms with Gasteiger partial charge >= 0.3 is 0 Å². The molecule has 1 atom stereocenters. The summed E-state index contributed by atoms with van der Waals surface area (Å²) in [5.74, 6) is 0.340. The van der Waals surface area contributed by atoms with Gasteiger partial charge in [0.15, 0.2) is 0 Å². The van der Waals surface area contributed by atoms with Gasteiger partial charge in [-0.05, 0) is 92.2 Å². The fourth-order valence-electron chi connectivity index (χ4n) is 4.11. The van der Waals surface area contributed by atoms with Crippen LogP contribution in [0.15, 0.2) is 54.9 Å². The molecule has 0 bridgehead atoms. The summed E-state index contributed by atoms with van der Waals surface area (Å²) in [6, 6.07) is 14.9. The Bertz CT molecular complexity index is 873. The van der Waals surface area contributed by atoms with E-state index < -0.39 is 0 Å². The first-order chi connectivity index (χ1) is 13.3. The molecule has 3 nitrogen and oxygen atoms in total. The summed E-state index contributed by atoms with van der Waals surface area (Å²) in [6.45, 7) is 2.03. The van der Waals surface area contributed by atoms with Crippen molar-refractivity contribution in [1.29, 1.82) is 0 Å². The van der Waals surface area contributed by atoms with Crippen molar-refractivity contribution in [1.82, 2.24) is 15.3 Å². The quantitative estimate of drug-likeness (QED) is 0.573. The van der Waals surface area contributed by atoms with E-state index in [0.717, 1.165) is 50.2 Å². The number of hydrogen-bond donors (Lipinski definition) is 2. The first-order valence-electron chi connectivity index (χ1n) is 9.86. The predicted octanol–water partition coefficient (Wildman–Crippen LogP) is 4.91. The molecular formula is C23H26ClN3. The van der Waals surface area contributed by atoms with Gasteiger partial charge in [-0.25, -0.2) is 0 Å². The van der Waals surface area contributed by atoms with Gasteiger partial charge in [0, 0.05) is 29.0 Å². The standard InChI is InChI=1S/C23H26ClN3/c24-19-9-10-21-18(16-19)8-7-17-4-1-14-27-23(17)22(21)11-15-25-12-2-5-20-6-3-13-26-20/h1,3-4,6,9-10,13-14,16,22,25-26H,2,5,7-8,11-12,15H2. The highest BCUT2D eigenvalue weighted by molar-refractivity contribution is 6.30. The molecular weight excluding hydrogens is 354 g/mol. The van der Waals surface area contributed by atoms with E-state index in [0.29, 0.717) is 5.92 Å². The number of pyridine rings is 1. The smallest absolute Gasteiger partial charge is 0.0510 e. The molecule has 4 heteroatoms. The minimum absolute atomic E-state index is 0.340. The SMILES string of the molecule is Clc1ccc2c(c1)CCc1cccnc1C2CCNCCCc1ccc[nH]1. The summed E-state index contributed by atoms with van der Waals surface area (Å²) >= 11 is 6.26. The molecule has 140 valence electrons. The van der Waals surface area contributed by atoms with Crippen LogP contribution in [0.25, 0.3) is 0 Å². The van der Waals surface area contributed by atoms with E-state index in [1.807, 2.05) is 18.5 Å². The van der Waals surface area contributed by atoms with Crippen LogP contribution in [0.3, 0.4) is 0 Å². The maximum absolute atomic E-state index is 6.26. The average Bonchev–Trinajstić information content (AvgIpc) is 3.15. The third kappa shape index (κ3) is 4.42. The molecule has 0 spiro atoms. The molecule has 0 fully saturated rings. The second-order valence-corrected chi connectivity index (χ2v) is 7.72. The Labute approximate surface area is 166 Å². The number of nitrogens with zero attached hydrogens (tertiary/aromatic N) is 1. The van der Waals surface area contributed by atoms with E-state index in [1.165, 1.54) is 28.1 Å².